The van der Waals surface area contributed by atoms with Gasteiger partial charge in [0, 0.05) is 18.9 Å². The number of nitrogens with zero attached hydrogens (tertiary/aromatic N) is 2. The molecule has 0 bridgehead atoms. The Kier molecular flexibility index (Phi) is 3.09. The fourth-order valence-electron chi connectivity index (χ4n) is 0.764. The van der Waals surface area contributed by atoms with E-state index in [-0.39, 0.29) is 12.4 Å². The van der Waals surface area contributed by atoms with E-state index in [0.717, 1.165) is 0 Å². The second-order valence-corrected chi connectivity index (χ2v) is 2.35. The van der Waals surface area contributed by atoms with Crippen LogP contribution < -0.4 is 5.73 Å². The van der Waals surface area contributed by atoms with Gasteiger partial charge in [-0.25, -0.2) is 9.97 Å². The highest BCUT2D eigenvalue weighted by Crippen LogP contribution is 2.09. The third-order valence-electron chi connectivity index (χ3n) is 1.46. The van der Waals surface area contributed by atoms with Gasteiger partial charge in [-0.05, 0) is 6.07 Å². The van der Waals surface area contributed by atoms with Crippen molar-refractivity contribution < 1.29 is 10.2 Å². The molecule has 4 N–H and O–H groups in total. The number of nitrogens with two attached hydrogens (primary N) is 1. The monoisotopic (exact) mass is 169 g/mol. The zero-order chi connectivity index (χ0) is 8.97. The predicted octanol–water partition coefficient (Wildman–Crippen LogP) is -1.17. The SMILES string of the molecule is NCC(O)C(O)c1ncccn1. The lowest BCUT2D eigenvalue weighted by atomic mass is 10.2. The van der Waals surface area contributed by atoms with E-state index in [0.29, 0.717) is 0 Å². The van der Waals surface area contributed by atoms with Gasteiger partial charge in [0.25, 0.3) is 0 Å². The Morgan fingerprint density at radius 3 is 2.42 bits per heavy atom. The summed E-state index contributed by atoms with van der Waals surface area (Å²) < 4.78 is 0. The van der Waals surface area contributed by atoms with Crippen LogP contribution in [0.5, 0.6) is 0 Å². The summed E-state index contributed by atoms with van der Waals surface area (Å²) in [6.45, 7) is -0.0145. The van der Waals surface area contributed by atoms with Crippen molar-refractivity contribution in [2.45, 2.75) is 12.2 Å². The zero-order valence-electron chi connectivity index (χ0n) is 6.46. The van der Waals surface area contributed by atoms with E-state index in [9.17, 15) is 5.11 Å². The van der Waals surface area contributed by atoms with Crippen molar-refractivity contribution in [2.24, 2.45) is 5.73 Å². The molecule has 0 spiro atoms. The molecule has 2 atom stereocenters. The van der Waals surface area contributed by atoms with Gasteiger partial charge in [0.15, 0.2) is 5.82 Å². The molecular weight excluding hydrogens is 158 g/mol. The Morgan fingerprint density at radius 1 is 1.33 bits per heavy atom. The number of aliphatic hydroxyl groups is 2. The minimum atomic E-state index is -1.10. The van der Waals surface area contributed by atoms with Gasteiger partial charge in [-0.2, -0.15) is 0 Å². The molecule has 0 aliphatic carbocycles. The number of aromatic nitrogens is 2. The van der Waals surface area contributed by atoms with Crippen molar-refractivity contribution in [1.29, 1.82) is 0 Å². The number of hydrogen-bond donors (Lipinski definition) is 3. The molecule has 2 unspecified atom stereocenters. The average Bonchev–Trinajstić information content (AvgIpc) is 2.17. The second-order valence-electron chi connectivity index (χ2n) is 2.35. The summed E-state index contributed by atoms with van der Waals surface area (Å²) in [5, 5.41) is 18.5. The Hall–Kier alpha value is -1.04. The fraction of sp³-hybridized carbons (Fsp3) is 0.429. The standard InChI is InChI=1S/C7H11N3O2/c8-4-5(11)6(12)7-9-2-1-3-10-7/h1-3,5-6,11-12H,4,8H2. The summed E-state index contributed by atoms with van der Waals surface area (Å²) in [5.74, 6) is 0.190. The Labute approximate surface area is 69.9 Å². The van der Waals surface area contributed by atoms with E-state index in [4.69, 9.17) is 10.8 Å². The molecule has 1 rings (SSSR count). The third-order valence-corrected chi connectivity index (χ3v) is 1.46. The van der Waals surface area contributed by atoms with Crippen LogP contribution in [0.4, 0.5) is 0 Å². The highest BCUT2D eigenvalue weighted by atomic mass is 16.3. The largest absolute Gasteiger partial charge is 0.389 e. The maximum absolute atomic E-state index is 9.33. The molecule has 0 saturated carbocycles. The number of rotatable bonds is 3. The van der Waals surface area contributed by atoms with Crippen LogP contribution in [0.2, 0.25) is 0 Å². The normalized spacial score (nSPS) is 15.6. The molecule has 0 fully saturated rings. The smallest absolute Gasteiger partial charge is 0.159 e. The van der Waals surface area contributed by atoms with Gasteiger partial charge in [0.1, 0.15) is 6.10 Å². The minimum absolute atomic E-state index is 0.0145. The summed E-state index contributed by atoms with van der Waals surface area (Å²) in [6, 6.07) is 1.63. The van der Waals surface area contributed by atoms with Gasteiger partial charge >= 0.3 is 0 Å². The van der Waals surface area contributed by atoms with Crippen molar-refractivity contribution >= 4 is 0 Å². The van der Waals surface area contributed by atoms with Crippen molar-refractivity contribution in [2.75, 3.05) is 6.54 Å². The quantitative estimate of drug-likeness (QED) is 0.530. The lowest BCUT2D eigenvalue weighted by molar-refractivity contribution is 0.0188. The van der Waals surface area contributed by atoms with Gasteiger partial charge in [-0.3, -0.25) is 0 Å². The summed E-state index contributed by atoms with van der Waals surface area (Å²) in [4.78, 5) is 7.54. The van der Waals surface area contributed by atoms with Gasteiger partial charge in [-0.15, -0.1) is 0 Å². The van der Waals surface area contributed by atoms with E-state index in [1.165, 1.54) is 12.4 Å². The Morgan fingerprint density at radius 2 is 1.92 bits per heavy atom. The molecule has 5 nitrogen and oxygen atoms in total. The van der Waals surface area contributed by atoms with E-state index >= 15 is 0 Å². The third kappa shape index (κ3) is 1.97. The van der Waals surface area contributed by atoms with Crippen LogP contribution in [0, 0.1) is 0 Å². The molecule has 66 valence electrons. The van der Waals surface area contributed by atoms with Crippen LogP contribution >= 0.6 is 0 Å². The van der Waals surface area contributed by atoms with Gasteiger partial charge in [0.2, 0.25) is 0 Å². The van der Waals surface area contributed by atoms with Crippen molar-refractivity contribution in [3.8, 4) is 0 Å². The van der Waals surface area contributed by atoms with Crippen molar-refractivity contribution in [3.63, 3.8) is 0 Å². The topological polar surface area (TPSA) is 92.3 Å². The molecule has 0 aliphatic rings. The fourth-order valence-corrected chi connectivity index (χ4v) is 0.764. The Balaban J connectivity index is 2.71. The first-order valence-corrected chi connectivity index (χ1v) is 3.59. The first-order valence-electron chi connectivity index (χ1n) is 3.59. The number of aliphatic hydroxyl groups excluding tert-OH is 2. The molecule has 0 aromatic carbocycles. The van der Waals surface area contributed by atoms with Crippen LogP contribution in [0.3, 0.4) is 0 Å². The summed E-state index contributed by atoms with van der Waals surface area (Å²) >= 11 is 0. The van der Waals surface area contributed by atoms with Crippen LogP contribution in [0.1, 0.15) is 11.9 Å². The molecular formula is C7H11N3O2. The average molecular weight is 169 g/mol. The molecule has 12 heavy (non-hydrogen) atoms. The highest BCUT2D eigenvalue weighted by molar-refractivity contribution is 4.95. The van der Waals surface area contributed by atoms with Gasteiger partial charge < -0.3 is 15.9 Å². The Bertz CT molecular complexity index is 229. The molecule has 1 aromatic heterocycles. The summed E-state index contributed by atoms with van der Waals surface area (Å²) in [5.41, 5.74) is 5.14. The van der Waals surface area contributed by atoms with E-state index in [1.807, 2.05) is 0 Å². The van der Waals surface area contributed by atoms with E-state index < -0.39 is 12.2 Å². The highest BCUT2D eigenvalue weighted by Gasteiger charge is 2.18. The molecule has 1 heterocycles. The lowest BCUT2D eigenvalue weighted by Crippen LogP contribution is -2.28. The van der Waals surface area contributed by atoms with Crippen molar-refractivity contribution in [3.05, 3.63) is 24.3 Å². The summed E-state index contributed by atoms with van der Waals surface area (Å²) in [7, 11) is 0. The van der Waals surface area contributed by atoms with Crippen LogP contribution in [0.25, 0.3) is 0 Å². The predicted molar refractivity (Wildman–Crippen MR) is 42.1 cm³/mol. The van der Waals surface area contributed by atoms with Gasteiger partial charge in [-0.1, -0.05) is 0 Å². The van der Waals surface area contributed by atoms with Crippen molar-refractivity contribution in [1.82, 2.24) is 9.97 Å². The van der Waals surface area contributed by atoms with Crippen LogP contribution in [-0.4, -0.2) is 32.8 Å². The van der Waals surface area contributed by atoms with Crippen LogP contribution in [-0.2, 0) is 0 Å². The molecule has 5 heteroatoms. The lowest BCUT2D eigenvalue weighted by Gasteiger charge is -2.13. The maximum atomic E-state index is 9.33. The molecule has 0 aliphatic heterocycles. The minimum Gasteiger partial charge on any atom is -0.389 e. The molecule has 0 radical (unpaired) electrons. The molecule has 1 aromatic rings. The van der Waals surface area contributed by atoms with E-state index in [1.54, 1.807) is 6.07 Å². The molecule has 0 amide bonds. The van der Waals surface area contributed by atoms with Gasteiger partial charge in [0.05, 0.1) is 6.10 Å². The number of hydrogen-bond acceptors (Lipinski definition) is 5. The second kappa shape index (κ2) is 4.10. The maximum Gasteiger partial charge on any atom is 0.159 e. The zero-order valence-corrected chi connectivity index (χ0v) is 6.46. The van der Waals surface area contributed by atoms with Crippen LogP contribution in [0.15, 0.2) is 18.5 Å². The van der Waals surface area contributed by atoms with E-state index in [2.05, 4.69) is 9.97 Å². The summed E-state index contributed by atoms with van der Waals surface area (Å²) in [6.07, 6.45) is 0.882. The first-order chi connectivity index (χ1) is 5.75. The molecule has 0 saturated heterocycles. The first kappa shape index (κ1) is 9.05.